The Balaban J connectivity index is 1.67. The van der Waals surface area contributed by atoms with Crippen molar-refractivity contribution in [1.29, 1.82) is 0 Å². The SMILES string of the molecule is Cc1cccc(Cn2cc(NC(=O)c3ccc(Cl)cc3)cn2)c1. The van der Waals surface area contributed by atoms with E-state index < -0.39 is 0 Å². The van der Waals surface area contributed by atoms with Crippen LogP contribution in [0, 0.1) is 6.92 Å². The third kappa shape index (κ3) is 3.99. The Labute approximate surface area is 139 Å². The molecule has 4 nitrogen and oxygen atoms in total. The molecule has 3 aromatic rings. The fourth-order valence-corrected chi connectivity index (χ4v) is 2.44. The first kappa shape index (κ1) is 15.3. The Hall–Kier alpha value is -2.59. The number of amides is 1. The van der Waals surface area contributed by atoms with Crippen LogP contribution >= 0.6 is 11.6 Å². The molecule has 116 valence electrons. The molecule has 0 unspecified atom stereocenters. The third-order valence-corrected chi connectivity index (χ3v) is 3.68. The van der Waals surface area contributed by atoms with Crippen LogP contribution in [0.5, 0.6) is 0 Å². The van der Waals surface area contributed by atoms with Crippen molar-refractivity contribution < 1.29 is 4.79 Å². The van der Waals surface area contributed by atoms with Crippen LogP contribution < -0.4 is 5.32 Å². The standard InChI is InChI=1S/C18H16ClN3O/c1-13-3-2-4-14(9-13)11-22-12-17(10-20-22)21-18(23)15-5-7-16(19)8-6-15/h2-10,12H,11H2,1H3,(H,21,23). The van der Waals surface area contributed by atoms with Crippen LogP contribution in [0.25, 0.3) is 0 Å². The lowest BCUT2D eigenvalue weighted by Crippen LogP contribution is -2.11. The first-order valence-electron chi connectivity index (χ1n) is 7.25. The van der Waals surface area contributed by atoms with Gasteiger partial charge in [0.25, 0.3) is 5.91 Å². The Morgan fingerprint density at radius 3 is 2.74 bits per heavy atom. The number of benzene rings is 2. The van der Waals surface area contributed by atoms with Gasteiger partial charge in [0.15, 0.2) is 0 Å². The Bertz CT molecular complexity index is 824. The van der Waals surface area contributed by atoms with Gasteiger partial charge in [-0.05, 0) is 36.8 Å². The van der Waals surface area contributed by atoms with Crippen LogP contribution in [0.4, 0.5) is 5.69 Å². The maximum Gasteiger partial charge on any atom is 0.255 e. The minimum Gasteiger partial charge on any atom is -0.319 e. The summed E-state index contributed by atoms with van der Waals surface area (Å²) in [6.45, 7) is 2.73. The van der Waals surface area contributed by atoms with Crippen LogP contribution in [0.1, 0.15) is 21.5 Å². The second-order valence-electron chi connectivity index (χ2n) is 5.38. The van der Waals surface area contributed by atoms with Gasteiger partial charge >= 0.3 is 0 Å². The molecule has 0 aliphatic rings. The van der Waals surface area contributed by atoms with E-state index in [1.54, 1.807) is 35.1 Å². The van der Waals surface area contributed by atoms with Crippen molar-refractivity contribution in [3.05, 3.63) is 82.6 Å². The quantitative estimate of drug-likeness (QED) is 0.783. The summed E-state index contributed by atoms with van der Waals surface area (Å²) >= 11 is 5.82. The van der Waals surface area contributed by atoms with E-state index in [4.69, 9.17) is 11.6 Å². The zero-order valence-corrected chi connectivity index (χ0v) is 13.4. The summed E-state index contributed by atoms with van der Waals surface area (Å²) in [5.41, 5.74) is 3.60. The van der Waals surface area contributed by atoms with E-state index in [9.17, 15) is 4.79 Å². The van der Waals surface area contributed by atoms with E-state index in [0.29, 0.717) is 22.8 Å². The van der Waals surface area contributed by atoms with Crippen LogP contribution in [-0.4, -0.2) is 15.7 Å². The smallest absolute Gasteiger partial charge is 0.255 e. The van der Waals surface area contributed by atoms with Gasteiger partial charge in [-0.1, -0.05) is 41.4 Å². The predicted octanol–water partition coefficient (Wildman–Crippen LogP) is 4.15. The van der Waals surface area contributed by atoms with Crippen LogP contribution in [0.3, 0.4) is 0 Å². The Morgan fingerprint density at radius 2 is 2.00 bits per heavy atom. The fourth-order valence-electron chi connectivity index (χ4n) is 2.32. The highest BCUT2D eigenvalue weighted by molar-refractivity contribution is 6.30. The van der Waals surface area contributed by atoms with Crippen molar-refractivity contribution in [2.45, 2.75) is 13.5 Å². The van der Waals surface area contributed by atoms with Crippen LogP contribution in [-0.2, 0) is 6.54 Å². The van der Waals surface area contributed by atoms with E-state index in [2.05, 4.69) is 35.5 Å². The monoisotopic (exact) mass is 325 g/mol. The molecular formula is C18H16ClN3O. The molecule has 0 bridgehead atoms. The molecule has 0 radical (unpaired) electrons. The molecular weight excluding hydrogens is 310 g/mol. The number of rotatable bonds is 4. The Morgan fingerprint density at radius 1 is 1.22 bits per heavy atom. The van der Waals surface area contributed by atoms with E-state index >= 15 is 0 Å². The maximum absolute atomic E-state index is 12.1. The van der Waals surface area contributed by atoms with E-state index in [0.717, 1.165) is 0 Å². The second kappa shape index (κ2) is 6.67. The number of carbonyl (C=O) groups excluding carboxylic acids is 1. The minimum atomic E-state index is -0.184. The van der Waals surface area contributed by atoms with Gasteiger partial charge in [-0.15, -0.1) is 0 Å². The second-order valence-corrected chi connectivity index (χ2v) is 5.81. The third-order valence-electron chi connectivity index (χ3n) is 3.42. The average molecular weight is 326 g/mol. The van der Waals surface area contributed by atoms with E-state index in [1.807, 2.05) is 12.3 Å². The van der Waals surface area contributed by atoms with Crippen LogP contribution in [0.15, 0.2) is 60.9 Å². The number of nitrogens with one attached hydrogen (secondary N) is 1. The Kier molecular flexibility index (Phi) is 4.44. The molecule has 0 saturated heterocycles. The summed E-state index contributed by atoms with van der Waals surface area (Å²) < 4.78 is 1.80. The van der Waals surface area contributed by atoms with E-state index in [-0.39, 0.29) is 5.91 Å². The number of hydrogen-bond donors (Lipinski definition) is 1. The molecule has 0 aliphatic heterocycles. The normalized spacial score (nSPS) is 10.5. The summed E-state index contributed by atoms with van der Waals surface area (Å²) in [5, 5.41) is 7.72. The molecule has 1 N–H and O–H groups in total. The van der Waals surface area contributed by atoms with Crippen molar-refractivity contribution in [3.8, 4) is 0 Å². The van der Waals surface area contributed by atoms with Gasteiger partial charge in [-0.2, -0.15) is 5.10 Å². The van der Waals surface area contributed by atoms with Gasteiger partial charge < -0.3 is 5.32 Å². The fraction of sp³-hybridized carbons (Fsp3) is 0.111. The largest absolute Gasteiger partial charge is 0.319 e. The summed E-state index contributed by atoms with van der Waals surface area (Å²) in [4.78, 5) is 12.1. The molecule has 5 heteroatoms. The molecule has 0 aliphatic carbocycles. The first-order chi connectivity index (χ1) is 11.1. The van der Waals surface area contributed by atoms with Gasteiger partial charge in [0.05, 0.1) is 18.4 Å². The molecule has 1 heterocycles. The minimum absolute atomic E-state index is 0.184. The lowest BCUT2D eigenvalue weighted by atomic mass is 10.1. The molecule has 0 atom stereocenters. The molecule has 0 saturated carbocycles. The number of anilines is 1. The van der Waals surface area contributed by atoms with Gasteiger partial charge in [-0.25, -0.2) is 0 Å². The summed E-state index contributed by atoms with van der Waals surface area (Å²) in [5.74, 6) is -0.184. The number of carbonyl (C=O) groups is 1. The van der Waals surface area contributed by atoms with Crippen molar-refractivity contribution in [3.63, 3.8) is 0 Å². The predicted molar refractivity (Wildman–Crippen MR) is 91.9 cm³/mol. The molecule has 0 fully saturated rings. The summed E-state index contributed by atoms with van der Waals surface area (Å²) in [6.07, 6.45) is 3.46. The number of hydrogen-bond acceptors (Lipinski definition) is 2. The molecule has 3 rings (SSSR count). The number of aryl methyl sites for hydroxylation is 1. The van der Waals surface area contributed by atoms with Crippen LogP contribution in [0.2, 0.25) is 5.02 Å². The van der Waals surface area contributed by atoms with Gasteiger partial charge in [0.1, 0.15) is 0 Å². The van der Waals surface area contributed by atoms with Crippen molar-refractivity contribution >= 4 is 23.2 Å². The average Bonchev–Trinajstić information content (AvgIpc) is 2.95. The van der Waals surface area contributed by atoms with Crippen molar-refractivity contribution in [2.24, 2.45) is 0 Å². The molecule has 2 aromatic carbocycles. The van der Waals surface area contributed by atoms with Gasteiger partial charge in [0, 0.05) is 16.8 Å². The highest BCUT2D eigenvalue weighted by atomic mass is 35.5. The molecule has 23 heavy (non-hydrogen) atoms. The van der Waals surface area contributed by atoms with Gasteiger partial charge in [0.2, 0.25) is 0 Å². The zero-order valence-electron chi connectivity index (χ0n) is 12.7. The highest BCUT2D eigenvalue weighted by Crippen LogP contribution is 2.13. The number of nitrogens with zero attached hydrogens (tertiary/aromatic N) is 2. The molecule has 0 spiro atoms. The number of halogens is 1. The summed E-state index contributed by atoms with van der Waals surface area (Å²) in [6, 6.07) is 15.0. The topological polar surface area (TPSA) is 46.9 Å². The van der Waals surface area contributed by atoms with E-state index in [1.165, 1.54) is 11.1 Å². The lowest BCUT2D eigenvalue weighted by molar-refractivity contribution is 0.102. The first-order valence-corrected chi connectivity index (χ1v) is 7.63. The molecule has 1 aromatic heterocycles. The zero-order chi connectivity index (χ0) is 16.2. The van der Waals surface area contributed by atoms with Gasteiger partial charge in [-0.3, -0.25) is 9.48 Å². The lowest BCUT2D eigenvalue weighted by Gasteiger charge is -2.04. The maximum atomic E-state index is 12.1. The number of aromatic nitrogens is 2. The van der Waals surface area contributed by atoms with Crippen molar-refractivity contribution in [1.82, 2.24) is 9.78 Å². The highest BCUT2D eigenvalue weighted by Gasteiger charge is 2.07. The summed E-state index contributed by atoms with van der Waals surface area (Å²) in [7, 11) is 0. The van der Waals surface area contributed by atoms with Crippen molar-refractivity contribution in [2.75, 3.05) is 5.32 Å². The molecule has 1 amide bonds.